The number of hydrogen-bond donors (Lipinski definition) is 3. The topological polar surface area (TPSA) is 104 Å². The molecule has 0 aliphatic heterocycles. The van der Waals surface area contributed by atoms with Crippen LogP contribution in [0.4, 0.5) is 11.4 Å². The number of carbonyl (C=O) groups is 2. The Morgan fingerprint density at radius 2 is 1.61 bits per heavy atom. The van der Waals surface area contributed by atoms with Crippen molar-refractivity contribution in [1.82, 2.24) is 5.32 Å². The highest BCUT2D eigenvalue weighted by Gasteiger charge is 2.23. The standard InChI is InChI=1S/C19H22ClN3O4S/c1-12(2)18(21-13(3)24)19(25)22-15-5-4-6-16(11-15)23-28(26,27)17-9-7-14(20)8-10-17/h4-12,18,23H,1-3H3,(H,21,24)(H,22,25)/t18-/m0/s1. The molecule has 0 aliphatic carbocycles. The quantitative estimate of drug-likeness (QED) is 0.635. The number of sulfonamides is 1. The first-order chi connectivity index (χ1) is 13.1. The van der Waals surface area contributed by atoms with Gasteiger partial charge in [0.1, 0.15) is 6.04 Å². The number of rotatable bonds is 7. The van der Waals surface area contributed by atoms with Crippen LogP contribution in [-0.2, 0) is 19.6 Å². The minimum absolute atomic E-state index is 0.0665. The summed E-state index contributed by atoms with van der Waals surface area (Å²) in [5.74, 6) is -0.809. The normalized spacial score (nSPS) is 12.3. The molecule has 0 aromatic heterocycles. The summed E-state index contributed by atoms with van der Waals surface area (Å²) in [5.41, 5.74) is 0.686. The Kier molecular flexibility index (Phi) is 7.04. The van der Waals surface area contributed by atoms with E-state index in [1.54, 1.807) is 18.2 Å². The lowest BCUT2D eigenvalue weighted by Crippen LogP contribution is -2.46. The molecule has 2 aromatic carbocycles. The molecule has 0 bridgehead atoms. The number of halogens is 1. The molecule has 2 aromatic rings. The molecule has 0 spiro atoms. The van der Waals surface area contributed by atoms with Crippen molar-refractivity contribution in [2.45, 2.75) is 31.7 Å². The van der Waals surface area contributed by atoms with Crippen LogP contribution in [0.5, 0.6) is 0 Å². The predicted octanol–water partition coefficient (Wildman–Crippen LogP) is 3.24. The van der Waals surface area contributed by atoms with Gasteiger partial charge in [0.25, 0.3) is 10.0 Å². The number of hydrogen-bond acceptors (Lipinski definition) is 4. The summed E-state index contributed by atoms with van der Waals surface area (Å²) < 4.78 is 27.4. The minimum Gasteiger partial charge on any atom is -0.344 e. The molecule has 0 fully saturated rings. The second-order valence-electron chi connectivity index (χ2n) is 6.55. The number of benzene rings is 2. The molecule has 2 amide bonds. The summed E-state index contributed by atoms with van der Waals surface area (Å²) in [5, 5.41) is 5.73. The molecule has 0 aliphatic rings. The first kappa shape index (κ1) is 21.7. The van der Waals surface area contributed by atoms with E-state index in [0.717, 1.165) is 0 Å². The molecule has 150 valence electrons. The van der Waals surface area contributed by atoms with E-state index in [2.05, 4.69) is 15.4 Å². The van der Waals surface area contributed by atoms with Crippen LogP contribution in [0, 0.1) is 5.92 Å². The molecule has 0 unspecified atom stereocenters. The van der Waals surface area contributed by atoms with Gasteiger partial charge in [-0.15, -0.1) is 0 Å². The molecule has 2 rings (SSSR count). The number of anilines is 2. The van der Waals surface area contributed by atoms with E-state index < -0.39 is 16.1 Å². The Labute approximate surface area is 169 Å². The molecule has 1 atom stereocenters. The Morgan fingerprint density at radius 1 is 1.00 bits per heavy atom. The van der Waals surface area contributed by atoms with E-state index in [9.17, 15) is 18.0 Å². The van der Waals surface area contributed by atoms with Crippen LogP contribution in [-0.4, -0.2) is 26.3 Å². The zero-order valence-corrected chi connectivity index (χ0v) is 17.3. The van der Waals surface area contributed by atoms with Crippen LogP contribution in [0.3, 0.4) is 0 Å². The highest BCUT2D eigenvalue weighted by Crippen LogP contribution is 2.21. The third kappa shape index (κ3) is 5.97. The van der Waals surface area contributed by atoms with Gasteiger partial charge in [0.2, 0.25) is 11.8 Å². The van der Waals surface area contributed by atoms with Crippen LogP contribution in [0.2, 0.25) is 5.02 Å². The maximum atomic E-state index is 12.5. The van der Waals surface area contributed by atoms with Crippen LogP contribution in [0.15, 0.2) is 53.4 Å². The zero-order valence-electron chi connectivity index (χ0n) is 15.7. The molecular formula is C19H22ClN3O4S. The van der Waals surface area contributed by atoms with Gasteiger partial charge in [-0.25, -0.2) is 8.42 Å². The van der Waals surface area contributed by atoms with Crippen molar-refractivity contribution >= 4 is 44.8 Å². The van der Waals surface area contributed by atoms with Gasteiger partial charge in [0.05, 0.1) is 10.6 Å². The van der Waals surface area contributed by atoms with E-state index >= 15 is 0 Å². The van der Waals surface area contributed by atoms with Crippen molar-refractivity contribution in [1.29, 1.82) is 0 Å². The second kappa shape index (κ2) is 9.07. The molecule has 28 heavy (non-hydrogen) atoms. The smallest absolute Gasteiger partial charge is 0.261 e. The lowest BCUT2D eigenvalue weighted by molar-refractivity contribution is -0.126. The van der Waals surface area contributed by atoms with Crippen LogP contribution >= 0.6 is 11.6 Å². The number of nitrogens with one attached hydrogen (secondary N) is 3. The molecule has 0 radical (unpaired) electrons. The number of amides is 2. The van der Waals surface area contributed by atoms with Crippen molar-refractivity contribution in [2.24, 2.45) is 5.92 Å². The van der Waals surface area contributed by atoms with Gasteiger partial charge in [0, 0.05) is 17.6 Å². The summed E-state index contributed by atoms with van der Waals surface area (Å²) >= 11 is 5.79. The zero-order chi connectivity index (χ0) is 20.9. The van der Waals surface area contributed by atoms with Gasteiger partial charge in [-0.2, -0.15) is 0 Å². The van der Waals surface area contributed by atoms with Crippen molar-refractivity contribution in [3.8, 4) is 0 Å². The van der Waals surface area contributed by atoms with Crippen molar-refractivity contribution in [3.05, 3.63) is 53.6 Å². The molecule has 0 saturated heterocycles. The largest absolute Gasteiger partial charge is 0.344 e. The Bertz CT molecular complexity index is 959. The fourth-order valence-corrected chi connectivity index (χ4v) is 3.64. The fourth-order valence-electron chi connectivity index (χ4n) is 2.46. The minimum atomic E-state index is -3.80. The van der Waals surface area contributed by atoms with Crippen LogP contribution < -0.4 is 15.4 Å². The molecule has 0 heterocycles. The maximum absolute atomic E-state index is 12.5. The third-order valence-corrected chi connectivity index (χ3v) is 5.46. The summed E-state index contributed by atoms with van der Waals surface area (Å²) in [6, 6.07) is 11.4. The average Bonchev–Trinajstić information content (AvgIpc) is 2.59. The first-order valence-electron chi connectivity index (χ1n) is 8.55. The monoisotopic (exact) mass is 423 g/mol. The summed E-state index contributed by atoms with van der Waals surface area (Å²) in [4.78, 5) is 23.8. The summed E-state index contributed by atoms with van der Waals surface area (Å²) in [7, 11) is -3.80. The van der Waals surface area contributed by atoms with Gasteiger partial charge >= 0.3 is 0 Å². The molecular weight excluding hydrogens is 402 g/mol. The molecule has 7 nitrogen and oxygen atoms in total. The van der Waals surface area contributed by atoms with Gasteiger partial charge in [-0.05, 0) is 48.4 Å². The lowest BCUT2D eigenvalue weighted by atomic mass is 10.0. The second-order valence-corrected chi connectivity index (χ2v) is 8.67. The van der Waals surface area contributed by atoms with E-state index in [4.69, 9.17) is 11.6 Å². The van der Waals surface area contributed by atoms with Gasteiger partial charge < -0.3 is 10.6 Å². The van der Waals surface area contributed by atoms with E-state index in [-0.39, 0.29) is 28.3 Å². The Morgan fingerprint density at radius 3 is 2.18 bits per heavy atom. The first-order valence-corrected chi connectivity index (χ1v) is 10.4. The van der Waals surface area contributed by atoms with Crippen LogP contribution in [0.25, 0.3) is 0 Å². The van der Waals surface area contributed by atoms with E-state index in [0.29, 0.717) is 10.7 Å². The van der Waals surface area contributed by atoms with Crippen molar-refractivity contribution < 1.29 is 18.0 Å². The van der Waals surface area contributed by atoms with E-state index in [1.807, 2.05) is 13.8 Å². The molecule has 3 N–H and O–H groups in total. The van der Waals surface area contributed by atoms with Gasteiger partial charge in [-0.3, -0.25) is 14.3 Å². The number of carbonyl (C=O) groups excluding carboxylic acids is 2. The van der Waals surface area contributed by atoms with Gasteiger partial charge in [0.15, 0.2) is 0 Å². The average molecular weight is 424 g/mol. The van der Waals surface area contributed by atoms with Gasteiger partial charge in [-0.1, -0.05) is 31.5 Å². The molecule has 9 heteroatoms. The van der Waals surface area contributed by atoms with Crippen molar-refractivity contribution in [2.75, 3.05) is 10.0 Å². The highest BCUT2D eigenvalue weighted by molar-refractivity contribution is 7.92. The lowest BCUT2D eigenvalue weighted by Gasteiger charge is -2.21. The SMILES string of the molecule is CC(=O)N[C@H](C(=O)Nc1cccc(NS(=O)(=O)c2ccc(Cl)cc2)c1)C(C)C. The highest BCUT2D eigenvalue weighted by atomic mass is 35.5. The van der Waals surface area contributed by atoms with Crippen molar-refractivity contribution in [3.63, 3.8) is 0 Å². The molecule has 0 saturated carbocycles. The third-order valence-electron chi connectivity index (χ3n) is 3.81. The Balaban J connectivity index is 2.16. The predicted molar refractivity (Wildman–Crippen MR) is 110 cm³/mol. The summed E-state index contributed by atoms with van der Waals surface area (Å²) in [6.07, 6.45) is 0. The van der Waals surface area contributed by atoms with E-state index in [1.165, 1.54) is 37.3 Å². The summed E-state index contributed by atoms with van der Waals surface area (Å²) in [6.45, 7) is 4.97. The Hall–Kier alpha value is -2.58. The fraction of sp³-hybridized carbons (Fsp3) is 0.263. The van der Waals surface area contributed by atoms with Crippen LogP contribution in [0.1, 0.15) is 20.8 Å². The maximum Gasteiger partial charge on any atom is 0.261 e.